The normalized spacial score (nSPS) is 10.5. The van der Waals surface area contributed by atoms with Crippen molar-refractivity contribution in [2.75, 3.05) is 0 Å². The molecule has 0 amide bonds. The van der Waals surface area contributed by atoms with Gasteiger partial charge in [0.1, 0.15) is 11.9 Å². The number of nitrogens with zero attached hydrogens (tertiary/aromatic N) is 5. The van der Waals surface area contributed by atoms with Crippen LogP contribution in [0.4, 0.5) is 4.39 Å². The molecule has 0 saturated heterocycles. The van der Waals surface area contributed by atoms with Crippen LogP contribution in [0.15, 0.2) is 36.8 Å². The van der Waals surface area contributed by atoms with E-state index in [9.17, 15) is 4.39 Å². The highest BCUT2D eigenvalue weighted by molar-refractivity contribution is 5.80. The molecule has 0 aromatic carbocycles. The summed E-state index contributed by atoms with van der Waals surface area (Å²) in [6.45, 7) is 0.319. The fourth-order valence-electron chi connectivity index (χ4n) is 1.92. The second kappa shape index (κ2) is 4.46. The first kappa shape index (κ1) is 11.3. The first-order valence-electron chi connectivity index (χ1n) is 5.59. The molecule has 0 aliphatic rings. The van der Waals surface area contributed by atoms with Gasteiger partial charge in [0.15, 0.2) is 11.3 Å². The van der Waals surface area contributed by atoms with E-state index in [0.717, 1.165) is 6.20 Å². The Hall–Kier alpha value is -2.81. The van der Waals surface area contributed by atoms with Gasteiger partial charge in [0.2, 0.25) is 0 Å². The summed E-state index contributed by atoms with van der Waals surface area (Å²) in [5, 5.41) is 13.9. The van der Waals surface area contributed by atoms with Gasteiger partial charge in [0, 0.05) is 12.4 Å². The minimum Gasteiger partial charge on any atom is -0.261 e. The van der Waals surface area contributed by atoms with Crippen LogP contribution in [0.1, 0.15) is 11.3 Å². The van der Waals surface area contributed by atoms with E-state index in [0.29, 0.717) is 28.8 Å². The first-order chi connectivity index (χ1) is 9.28. The summed E-state index contributed by atoms with van der Waals surface area (Å²) in [5.74, 6) is -0.401. The van der Waals surface area contributed by atoms with E-state index in [1.54, 1.807) is 29.2 Å². The smallest absolute Gasteiger partial charge is 0.172 e. The number of pyridine rings is 2. The van der Waals surface area contributed by atoms with E-state index in [-0.39, 0.29) is 0 Å². The number of halogens is 1. The van der Waals surface area contributed by atoms with Gasteiger partial charge < -0.3 is 0 Å². The van der Waals surface area contributed by atoms with Crippen molar-refractivity contribution in [3.05, 3.63) is 53.9 Å². The van der Waals surface area contributed by atoms with Gasteiger partial charge >= 0.3 is 0 Å². The minimum atomic E-state index is -0.401. The maximum absolute atomic E-state index is 13.1. The van der Waals surface area contributed by atoms with Crippen LogP contribution >= 0.6 is 0 Å². The summed E-state index contributed by atoms with van der Waals surface area (Å²) in [6.07, 6.45) is 4.33. The van der Waals surface area contributed by atoms with Crippen molar-refractivity contribution < 1.29 is 4.39 Å². The molecule has 3 heterocycles. The molecule has 0 fully saturated rings. The SMILES string of the molecule is N#Cc1nn(Cc2cncc(F)c2)c2ncccc12. The summed E-state index contributed by atoms with van der Waals surface area (Å²) < 4.78 is 14.7. The van der Waals surface area contributed by atoms with Crippen molar-refractivity contribution >= 4 is 11.0 Å². The van der Waals surface area contributed by atoms with Crippen LogP contribution in [-0.4, -0.2) is 19.7 Å². The number of aromatic nitrogens is 4. The molecule has 0 radical (unpaired) electrons. The standard InChI is InChI=1S/C13H8FN5/c14-10-4-9(6-16-7-10)8-19-13-11(2-1-3-17-13)12(5-15)18-19/h1-4,6-7H,8H2. The van der Waals surface area contributed by atoms with E-state index in [4.69, 9.17) is 5.26 Å². The molecular weight excluding hydrogens is 245 g/mol. The number of rotatable bonds is 2. The van der Waals surface area contributed by atoms with Gasteiger partial charge in [-0.2, -0.15) is 10.4 Å². The lowest BCUT2D eigenvalue weighted by Crippen LogP contribution is -2.03. The van der Waals surface area contributed by atoms with Gasteiger partial charge in [-0.05, 0) is 23.8 Å². The third-order valence-corrected chi connectivity index (χ3v) is 2.71. The van der Waals surface area contributed by atoms with Gasteiger partial charge in [-0.1, -0.05) is 0 Å². The Morgan fingerprint density at radius 3 is 3.05 bits per heavy atom. The maximum atomic E-state index is 13.1. The van der Waals surface area contributed by atoms with E-state index in [1.807, 2.05) is 6.07 Å². The number of hydrogen-bond acceptors (Lipinski definition) is 4. The highest BCUT2D eigenvalue weighted by Crippen LogP contribution is 2.16. The third-order valence-electron chi connectivity index (χ3n) is 2.71. The van der Waals surface area contributed by atoms with Crippen LogP contribution in [0.5, 0.6) is 0 Å². The molecule has 3 aromatic rings. The summed E-state index contributed by atoms with van der Waals surface area (Å²) in [5.41, 5.74) is 1.58. The molecule has 92 valence electrons. The van der Waals surface area contributed by atoms with Crippen LogP contribution in [0.2, 0.25) is 0 Å². The van der Waals surface area contributed by atoms with Crippen LogP contribution in [0.3, 0.4) is 0 Å². The zero-order valence-electron chi connectivity index (χ0n) is 9.79. The van der Waals surface area contributed by atoms with Gasteiger partial charge in [-0.15, -0.1) is 0 Å². The monoisotopic (exact) mass is 253 g/mol. The predicted molar refractivity (Wildman–Crippen MR) is 65.5 cm³/mol. The molecule has 0 spiro atoms. The molecule has 0 atom stereocenters. The van der Waals surface area contributed by atoms with Gasteiger partial charge in [-0.3, -0.25) is 4.98 Å². The Kier molecular flexibility index (Phi) is 2.65. The van der Waals surface area contributed by atoms with Gasteiger partial charge in [-0.25, -0.2) is 14.1 Å². The average Bonchev–Trinajstić information content (AvgIpc) is 2.77. The molecule has 0 bridgehead atoms. The Balaban J connectivity index is 2.09. The maximum Gasteiger partial charge on any atom is 0.172 e. The Morgan fingerprint density at radius 2 is 2.26 bits per heavy atom. The lowest BCUT2D eigenvalue weighted by Gasteiger charge is -2.02. The van der Waals surface area contributed by atoms with Crippen molar-refractivity contribution in [3.63, 3.8) is 0 Å². The quantitative estimate of drug-likeness (QED) is 0.699. The third kappa shape index (κ3) is 2.02. The van der Waals surface area contributed by atoms with E-state index < -0.39 is 5.82 Å². The van der Waals surface area contributed by atoms with Crippen molar-refractivity contribution in [2.24, 2.45) is 0 Å². The minimum absolute atomic E-state index is 0.312. The fraction of sp³-hybridized carbons (Fsp3) is 0.0769. The van der Waals surface area contributed by atoms with Crippen LogP contribution in [-0.2, 0) is 6.54 Å². The molecular formula is C13H8FN5. The van der Waals surface area contributed by atoms with Crippen molar-refractivity contribution in [1.82, 2.24) is 19.7 Å². The highest BCUT2D eigenvalue weighted by atomic mass is 19.1. The molecule has 19 heavy (non-hydrogen) atoms. The zero-order chi connectivity index (χ0) is 13.2. The Bertz CT molecular complexity index is 787. The molecule has 0 aliphatic heterocycles. The van der Waals surface area contributed by atoms with E-state index in [2.05, 4.69) is 15.1 Å². The van der Waals surface area contributed by atoms with Crippen molar-refractivity contribution in [3.8, 4) is 6.07 Å². The fourth-order valence-corrected chi connectivity index (χ4v) is 1.92. The van der Waals surface area contributed by atoms with Gasteiger partial charge in [0.25, 0.3) is 0 Å². The molecule has 3 aromatic heterocycles. The van der Waals surface area contributed by atoms with Crippen molar-refractivity contribution in [1.29, 1.82) is 5.26 Å². The topological polar surface area (TPSA) is 67.4 Å². The molecule has 3 rings (SSSR count). The predicted octanol–water partition coefficient (Wildman–Crippen LogP) is 1.89. The summed E-state index contributed by atoms with van der Waals surface area (Å²) in [4.78, 5) is 7.99. The number of nitriles is 1. The molecule has 0 N–H and O–H groups in total. The molecule has 0 saturated carbocycles. The van der Waals surface area contributed by atoms with E-state index in [1.165, 1.54) is 6.07 Å². The molecule has 0 unspecified atom stereocenters. The second-order valence-electron chi connectivity index (χ2n) is 4.00. The lowest BCUT2D eigenvalue weighted by molar-refractivity contribution is 0.613. The molecule has 0 aliphatic carbocycles. The highest BCUT2D eigenvalue weighted by Gasteiger charge is 2.11. The lowest BCUT2D eigenvalue weighted by atomic mass is 10.2. The summed E-state index contributed by atoms with van der Waals surface area (Å²) in [6, 6.07) is 6.95. The summed E-state index contributed by atoms with van der Waals surface area (Å²) in [7, 11) is 0. The summed E-state index contributed by atoms with van der Waals surface area (Å²) >= 11 is 0. The largest absolute Gasteiger partial charge is 0.261 e. The number of fused-ring (bicyclic) bond motifs is 1. The van der Waals surface area contributed by atoms with Crippen LogP contribution < -0.4 is 0 Å². The molecule has 6 heteroatoms. The first-order valence-corrected chi connectivity index (χ1v) is 5.59. The Morgan fingerprint density at radius 1 is 1.37 bits per heavy atom. The van der Waals surface area contributed by atoms with E-state index >= 15 is 0 Å². The van der Waals surface area contributed by atoms with Gasteiger partial charge in [0.05, 0.1) is 18.1 Å². The average molecular weight is 253 g/mol. The Labute approximate surface area is 108 Å². The number of hydrogen-bond donors (Lipinski definition) is 0. The zero-order valence-corrected chi connectivity index (χ0v) is 9.79. The van der Waals surface area contributed by atoms with Crippen LogP contribution in [0, 0.1) is 17.1 Å². The van der Waals surface area contributed by atoms with Crippen LogP contribution in [0.25, 0.3) is 11.0 Å². The molecule has 5 nitrogen and oxygen atoms in total. The van der Waals surface area contributed by atoms with Crippen molar-refractivity contribution in [2.45, 2.75) is 6.54 Å². The second-order valence-corrected chi connectivity index (χ2v) is 4.00.